The molecule has 3 heterocycles. The molecule has 6 heteroatoms. The van der Waals surface area contributed by atoms with E-state index in [0.29, 0.717) is 23.1 Å². The number of nitrogens with zero attached hydrogens (tertiary/aromatic N) is 2. The normalized spacial score (nSPS) is 17.8. The Labute approximate surface area is 156 Å². The lowest BCUT2D eigenvalue weighted by Gasteiger charge is -2.30. The number of benzene rings is 1. The number of nitrogens with two attached hydrogens (primary N) is 1. The molecule has 1 aliphatic rings. The highest BCUT2D eigenvalue weighted by molar-refractivity contribution is 7.21. The zero-order chi connectivity index (χ0) is 18.3. The molecule has 2 aromatic heterocycles. The second-order valence-corrected chi connectivity index (χ2v) is 7.97. The average Bonchev–Trinajstić information content (AvgIpc) is 2.95. The van der Waals surface area contributed by atoms with Crippen LogP contribution in [0.25, 0.3) is 21.1 Å². The highest BCUT2D eigenvalue weighted by Gasteiger charge is 2.26. The first-order chi connectivity index (χ1) is 12.6. The van der Waals surface area contributed by atoms with Crippen molar-refractivity contribution in [3.63, 3.8) is 0 Å². The molecule has 1 amide bonds. The van der Waals surface area contributed by atoms with Gasteiger partial charge in [-0.1, -0.05) is 6.92 Å². The van der Waals surface area contributed by atoms with Crippen molar-refractivity contribution in [2.24, 2.45) is 5.92 Å². The van der Waals surface area contributed by atoms with Crippen molar-refractivity contribution in [3.8, 4) is 5.75 Å². The lowest BCUT2D eigenvalue weighted by molar-refractivity contribution is 0.0689. The quantitative estimate of drug-likeness (QED) is 0.747. The minimum absolute atomic E-state index is 0.0381. The van der Waals surface area contributed by atoms with Crippen molar-refractivity contribution in [1.82, 2.24) is 9.88 Å². The van der Waals surface area contributed by atoms with Crippen LogP contribution in [0.1, 0.15) is 36.4 Å². The van der Waals surface area contributed by atoms with Gasteiger partial charge in [-0.05, 0) is 43.9 Å². The number of thiophene rings is 1. The first-order valence-corrected chi connectivity index (χ1v) is 9.93. The van der Waals surface area contributed by atoms with Gasteiger partial charge < -0.3 is 15.4 Å². The van der Waals surface area contributed by atoms with Gasteiger partial charge in [0.05, 0.1) is 17.8 Å². The number of hydrogen-bond donors (Lipinski definition) is 1. The monoisotopic (exact) mass is 369 g/mol. The maximum absolute atomic E-state index is 13.0. The molecule has 5 nitrogen and oxygen atoms in total. The fraction of sp³-hybridized carbons (Fsp3) is 0.400. The number of carbonyl (C=O) groups is 1. The summed E-state index contributed by atoms with van der Waals surface area (Å²) >= 11 is 1.39. The largest absolute Gasteiger partial charge is 0.494 e. The molecular weight excluding hydrogens is 346 g/mol. The van der Waals surface area contributed by atoms with Gasteiger partial charge in [-0.2, -0.15) is 0 Å². The summed E-state index contributed by atoms with van der Waals surface area (Å²) in [6.07, 6.45) is 2.24. The summed E-state index contributed by atoms with van der Waals surface area (Å²) in [7, 11) is 0. The molecule has 26 heavy (non-hydrogen) atoms. The summed E-state index contributed by atoms with van der Waals surface area (Å²) in [5, 5.41) is 1.86. The molecule has 3 aromatic rings. The Morgan fingerprint density at radius 1 is 1.42 bits per heavy atom. The standard InChI is InChI=1S/C20H23N3O2S/c1-3-25-14-7-6-13-9-15-17(21)18(26-19(15)22-16(13)10-14)20(24)23-8-4-5-12(2)11-23/h6-7,9-10,12H,3-5,8,11,21H2,1-2H3/t12-/m0/s1. The molecule has 1 aliphatic heterocycles. The predicted molar refractivity (Wildman–Crippen MR) is 107 cm³/mol. The number of ether oxygens (including phenoxy) is 1. The van der Waals surface area contributed by atoms with Crippen LogP contribution in [-0.2, 0) is 0 Å². The summed E-state index contributed by atoms with van der Waals surface area (Å²) < 4.78 is 5.56. The zero-order valence-corrected chi connectivity index (χ0v) is 15.9. The number of carbonyl (C=O) groups excluding carboxylic acids is 1. The summed E-state index contributed by atoms with van der Waals surface area (Å²) in [5.41, 5.74) is 7.76. The van der Waals surface area contributed by atoms with Crippen LogP contribution in [-0.4, -0.2) is 35.5 Å². The number of hydrogen-bond acceptors (Lipinski definition) is 5. The highest BCUT2D eigenvalue weighted by Crippen LogP contribution is 2.36. The van der Waals surface area contributed by atoms with Gasteiger partial charge in [-0.3, -0.25) is 4.79 Å². The third kappa shape index (κ3) is 2.98. The number of rotatable bonds is 3. The van der Waals surface area contributed by atoms with Crippen molar-refractivity contribution in [1.29, 1.82) is 0 Å². The minimum atomic E-state index is 0.0381. The predicted octanol–water partition coefficient (Wildman–Crippen LogP) is 4.30. The van der Waals surface area contributed by atoms with Gasteiger partial charge >= 0.3 is 0 Å². The molecule has 0 radical (unpaired) electrons. The Kier molecular flexibility index (Phi) is 4.44. The number of likely N-dealkylation sites (tertiary alicyclic amines) is 1. The van der Waals surface area contributed by atoms with Crippen molar-refractivity contribution in [2.45, 2.75) is 26.7 Å². The summed E-state index contributed by atoms with van der Waals surface area (Å²) in [6.45, 7) is 6.38. The number of anilines is 1. The molecule has 4 rings (SSSR count). The number of amides is 1. The molecule has 136 valence electrons. The van der Waals surface area contributed by atoms with E-state index in [0.717, 1.165) is 46.4 Å². The van der Waals surface area contributed by atoms with Crippen molar-refractivity contribution in [2.75, 3.05) is 25.4 Å². The molecule has 2 N–H and O–H groups in total. The Morgan fingerprint density at radius 3 is 3.04 bits per heavy atom. The van der Waals surface area contributed by atoms with Crippen LogP contribution < -0.4 is 10.5 Å². The Balaban J connectivity index is 1.75. The van der Waals surface area contributed by atoms with E-state index in [2.05, 4.69) is 6.92 Å². The van der Waals surface area contributed by atoms with E-state index in [1.807, 2.05) is 36.1 Å². The Morgan fingerprint density at radius 2 is 2.27 bits per heavy atom. The summed E-state index contributed by atoms with van der Waals surface area (Å²) in [5.74, 6) is 1.38. The van der Waals surface area contributed by atoms with Gasteiger partial charge in [-0.25, -0.2) is 4.98 Å². The van der Waals surface area contributed by atoms with E-state index in [9.17, 15) is 4.79 Å². The van der Waals surface area contributed by atoms with E-state index in [1.165, 1.54) is 17.8 Å². The second kappa shape index (κ2) is 6.76. The SMILES string of the molecule is CCOc1ccc2cc3c(N)c(C(=O)N4CCC[C@H](C)C4)sc3nc2c1. The molecule has 0 spiro atoms. The minimum Gasteiger partial charge on any atom is -0.494 e. The number of nitrogen functional groups attached to an aromatic ring is 1. The summed E-state index contributed by atoms with van der Waals surface area (Å²) in [4.78, 5) is 21.1. The van der Waals surface area contributed by atoms with E-state index >= 15 is 0 Å². The average molecular weight is 369 g/mol. The van der Waals surface area contributed by atoms with E-state index in [4.69, 9.17) is 15.5 Å². The first kappa shape index (κ1) is 17.1. The van der Waals surface area contributed by atoms with Crippen LogP contribution >= 0.6 is 11.3 Å². The van der Waals surface area contributed by atoms with Crippen LogP contribution in [0.3, 0.4) is 0 Å². The smallest absolute Gasteiger partial charge is 0.266 e. The fourth-order valence-electron chi connectivity index (χ4n) is 3.61. The molecule has 1 atom stereocenters. The molecule has 0 unspecified atom stereocenters. The lowest BCUT2D eigenvalue weighted by Crippen LogP contribution is -2.38. The van der Waals surface area contributed by atoms with Crippen LogP contribution in [0.15, 0.2) is 24.3 Å². The molecule has 0 saturated carbocycles. The molecule has 0 bridgehead atoms. The van der Waals surface area contributed by atoms with Crippen molar-refractivity contribution >= 4 is 44.1 Å². The van der Waals surface area contributed by atoms with Gasteiger partial charge in [-0.15, -0.1) is 11.3 Å². The van der Waals surface area contributed by atoms with Gasteiger partial charge in [0.1, 0.15) is 15.5 Å². The Bertz CT molecular complexity index is 982. The molecule has 0 aliphatic carbocycles. The topological polar surface area (TPSA) is 68.5 Å². The van der Waals surface area contributed by atoms with Crippen LogP contribution in [0.5, 0.6) is 5.75 Å². The molecule has 1 saturated heterocycles. The number of pyridine rings is 1. The lowest BCUT2D eigenvalue weighted by atomic mass is 10.00. The third-order valence-electron chi connectivity index (χ3n) is 4.94. The van der Waals surface area contributed by atoms with Crippen molar-refractivity contribution < 1.29 is 9.53 Å². The molecule has 1 aromatic carbocycles. The van der Waals surface area contributed by atoms with Crippen LogP contribution in [0, 0.1) is 5.92 Å². The van der Waals surface area contributed by atoms with Gasteiger partial charge in [0.15, 0.2) is 0 Å². The first-order valence-electron chi connectivity index (χ1n) is 9.11. The molecule has 1 fully saturated rings. The number of fused-ring (bicyclic) bond motifs is 2. The molecular formula is C20H23N3O2S. The van der Waals surface area contributed by atoms with Gasteiger partial charge in [0.25, 0.3) is 5.91 Å². The fourth-order valence-corrected chi connectivity index (χ4v) is 4.66. The van der Waals surface area contributed by atoms with Crippen LogP contribution in [0.4, 0.5) is 5.69 Å². The number of aromatic nitrogens is 1. The Hall–Kier alpha value is -2.34. The maximum Gasteiger partial charge on any atom is 0.266 e. The number of piperidine rings is 1. The van der Waals surface area contributed by atoms with Gasteiger partial charge in [0.2, 0.25) is 0 Å². The highest BCUT2D eigenvalue weighted by atomic mass is 32.1. The van der Waals surface area contributed by atoms with Crippen molar-refractivity contribution in [3.05, 3.63) is 29.1 Å². The summed E-state index contributed by atoms with van der Waals surface area (Å²) in [6, 6.07) is 7.87. The van der Waals surface area contributed by atoms with Crippen LogP contribution in [0.2, 0.25) is 0 Å². The third-order valence-corrected chi connectivity index (χ3v) is 6.04. The second-order valence-electron chi connectivity index (χ2n) is 6.97. The van der Waals surface area contributed by atoms with Gasteiger partial charge in [0, 0.05) is 29.9 Å². The maximum atomic E-state index is 13.0. The van der Waals surface area contributed by atoms with E-state index < -0.39 is 0 Å². The van der Waals surface area contributed by atoms with E-state index in [-0.39, 0.29) is 5.91 Å². The zero-order valence-electron chi connectivity index (χ0n) is 15.1. The van der Waals surface area contributed by atoms with E-state index in [1.54, 1.807) is 0 Å².